The van der Waals surface area contributed by atoms with Crippen LogP contribution in [0.4, 0.5) is 0 Å². The molecule has 33 heavy (non-hydrogen) atoms. The third kappa shape index (κ3) is 3.72. The topological polar surface area (TPSA) is 90.0 Å². The standard InChI is InChI=1S/C25H22N4O3S/c1-15-10-16(2)23-19(27-33-22(23)11-15)14-29-21-8-4-3-7-20(21)28(25(29)32)13-18(24(30)31)17-6-5-9-26-12-17/h3-12,18H,13-14H2,1-2H3,(H,30,31). The molecule has 8 heteroatoms. The van der Waals surface area contributed by atoms with Gasteiger partial charge < -0.3 is 5.11 Å². The lowest BCUT2D eigenvalue weighted by molar-refractivity contribution is -0.139. The van der Waals surface area contributed by atoms with Crippen LogP contribution in [-0.4, -0.2) is 29.6 Å². The number of pyridine rings is 1. The van der Waals surface area contributed by atoms with Gasteiger partial charge in [0.05, 0.1) is 28.0 Å². The summed E-state index contributed by atoms with van der Waals surface area (Å²) >= 11 is 1.43. The molecule has 3 aromatic heterocycles. The van der Waals surface area contributed by atoms with Gasteiger partial charge in [-0.1, -0.05) is 24.3 Å². The zero-order valence-corrected chi connectivity index (χ0v) is 19.0. The average molecular weight is 459 g/mol. The molecule has 5 rings (SSSR count). The number of para-hydroxylation sites is 2. The lowest BCUT2D eigenvalue weighted by Crippen LogP contribution is -2.29. The van der Waals surface area contributed by atoms with Gasteiger partial charge in [-0.2, -0.15) is 4.37 Å². The van der Waals surface area contributed by atoms with Crippen molar-refractivity contribution in [2.45, 2.75) is 32.9 Å². The van der Waals surface area contributed by atoms with Crippen molar-refractivity contribution in [1.82, 2.24) is 18.5 Å². The van der Waals surface area contributed by atoms with Gasteiger partial charge >= 0.3 is 11.7 Å². The molecular formula is C25H22N4O3S. The van der Waals surface area contributed by atoms with E-state index in [0.29, 0.717) is 17.6 Å². The Morgan fingerprint density at radius 1 is 1.09 bits per heavy atom. The smallest absolute Gasteiger partial charge is 0.329 e. The van der Waals surface area contributed by atoms with E-state index in [-0.39, 0.29) is 12.2 Å². The van der Waals surface area contributed by atoms with Crippen LogP contribution < -0.4 is 5.69 Å². The first kappa shape index (κ1) is 21.1. The van der Waals surface area contributed by atoms with Crippen LogP contribution in [0.3, 0.4) is 0 Å². The van der Waals surface area contributed by atoms with E-state index in [1.807, 2.05) is 24.3 Å². The lowest BCUT2D eigenvalue weighted by Gasteiger charge is -2.13. The normalized spacial score (nSPS) is 12.4. The second kappa shape index (κ2) is 8.29. The zero-order chi connectivity index (χ0) is 23.1. The highest BCUT2D eigenvalue weighted by Crippen LogP contribution is 2.29. The Bertz CT molecular complexity index is 1550. The van der Waals surface area contributed by atoms with Gasteiger partial charge in [-0.05, 0) is 66.3 Å². The number of carboxylic acids is 1. The molecule has 0 radical (unpaired) electrons. The molecule has 1 unspecified atom stereocenters. The van der Waals surface area contributed by atoms with Gasteiger partial charge in [-0.25, -0.2) is 4.79 Å². The van der Waals surface area contributed by atoms with Gasteiger partial charge in [0.15, 0.2) is 0 Å². The Morgan fingerprint density at radius 3 is 2.55 bits per heavy atom. The number of carboxylic acid groups (broad SMARTS) is 1. The quantitative estimate of drug-likeness (QED) is 0.409. The number of aryl methyl sites for hydroxylation is 2. The second-order valence-electron chi connectivity index (χ2n) is 8.23. The Morgan fingerprint density at radius 2 is 1.85 bits per heavy atom. The molecule has 0 aliphatic carbocycles. The van der Waals surface area contributed by atoms with Gasteiger partial charge in [-0.15, -0.1) is 0 Å². The predicted molar refractivity (Wildman–Crippen MR) is 129 cm³/mol. The number of hydrogen-bond acceptors (Lipinski definition) is 5. The minimum absolute atomic E-state index is 0.0173. The van der Waals surface area contributed by atoms with Crippen LogP contribution >= 0.6 is 11.5 Å². The van der Waals surface area contributed by atoms with Gasteiger partial charge in [-0.3, -0.25) is 18.9 Å². The molecule has 5 aromatic rings. The molecule has 0 amide bonds. The summed E-state index contributed by atoms with van der Waals surface area (Å²) in [6.07, 6.45) is 3.14. The summed E-state index contributed by atoms with van der Waals surface area (Å²) in [5.41, 5.74) is 4.92. The average Bonchev–Trinajstić information content (AvgIpc) is 3.32. The summed E-state index contributed by atoms with van der Waals surface area (Å²) in [7, 11) is 0. The van der Waals surface area contributed by atoms with Gasteiger partial charge in [0.2, 0.25) is 0 Å². The van der Waals surface area contributed by atoms with E-state index in [1.54, 1.807) is 27.5 Å². The van der Waals surface area contributed by atoms with Crippen molar-refractivity contribution in [3.63, 3.8) is 0 Å². The van der Waals surface area contributed by atoms with Crippen LogP contribution in [0.5, 0.6) is 0 Å². The molecule has 0 aliphatic heterocycles. The summed E-state index contributed by atoms with van der Waals surface area (Å²) in [5, 5.41) is 11.0. The van der Waals surface area contributed by atoms with Crippen LogP contribution in [0.2, 0.25) is 0 Å². The Kier molecular flexibility index (Phi) is 5.30. The van der Waals surface area contributed by atoms with Gasteiger partial charge in [0.1, 0.15) is 5.92 Å². The first-order valence-corrected chi connectivity index (χ1v) is 11.4. The summed E-state index contributed by atoms with van der Waals surface area (Å²) in [4.78, 5) is 29.7. The van der Waals surface area contributed by atoms with Gasteiger partial charge in [0, 0.05) is 24.3 Å². The molecule has 1 N–H and O–H groups in total. The number of imidazole rings is 1. The van der Waals surface area contributed by atoms with Crippen LogP contribution in [0, 0.1) is 13.8 Å². The number of aliphatic carboxylic acids is 1. The molecule has 2 aromatic carbocycles. The first-order chi connectivity index (χ1) is 15.9. The summed E-state index contributed by atoms with van der Waals surface area (Å²) < 4.78 is 8.99. The Labute approximate surface area is 193 Å². The third-order valence-electron chi connectivity index (χ3n) is 5.97. The number of fused-ring (bicyclic) bond motifs is 2. The summed E-state index contributed by atoms with van der Waals surface area (Å²) in [6, 6.07) is 15.1. The first-order valence-electron chi connectivity index (χ1n) is 10.6. The molecule has 7 nitrogen and oxygen atoms in total. The largest absolute Gasteiger partial charge is 0.481 e. The van der Waals surface area contributed by atoms with Crippen LogP contribution in [0.25, 0.3) is 21.1 Å². The van der Waals surface area contributed by atoms with Crippen molar-refractivity contribution in [2.75, 3.05) is 0 Å². The Hall–Kier alpha value is -3.78. The van der Waals surface area contributed by atoms with E-state index in [4.69, 9.17) is 0 Å². The highest BCUT2D eigenvalue weighted by Gasteiger charge is 2.24. The Balaban J connectivity index is 1.62. The SMILES string of the molecule is Cc1cc(C)c2c(Cn3c(=O)n(CC(C(=O)O)c4cccnc4)c4ccccc43)nsc2c1. The number of carbonyl (C=O) groups is 1. The van der Waals surface area contributed by atoms with E-state index in [9.17, 15) is 14.7 Å². The zero-order valence-electron chi connectivity index (χ0n) is 18.2. The minimum atomic E-state index is -0.997. The number of hydrogen-bond donors (Lipinski definition) is 1. The van der Waals surface area contributed by atoms with E-state index in [1.165, 1.54) is 23.3 Å². The number of benzene rings is 2. The molecule has 166 valence electrons. The highest BCUT2D eigenvalue weighted by molar-refractivity contribution is 7.13. The number of rotatable bonds is 6. The van der Waals surface area contributed by atoms with Crippen molar-refractivity contribution >= 4 is 38.6 Å². The molecule has 0 aliphatic rings. The molecule has 0 bridgehead atoms. The number of nitrogens with zero attached hydrogens (tertiary/aromatic N) is 4. The monoisotopic (exact) mass is 458 g/mol. The lowest BCUT2D eigenvalue weighted by atomic mass is 10.0. The van der Waals surface area contributed by atoms with E-state index >= 15 is 0 Å². The highest BCUT2D eigenvalue weighted by atomic mass is 32.1. The van der Waals surface area contributed by atoms with Crippen molar-refractivity contribution in [3.05, 3.63) is 93.8 Å². The summed E-state index contributed by atoms with van der Waals surface area (Å²) in [5.74, 6) is -1.89. The minimum Gasteiger partial charge on any atom is -0.481 e. The number of aromatic nitrogens is 4. The van der Waals surface area contributed by atoms with Crippen molar-refractivity contribution in [2.24, 2.45) is 0 Å². The van der Waals surface area contributed by atoms with Gasteiger partial charge in [0.25, 0.3) is 0 Å². The second-order valence-corrected chi connectivity index (χ2v) is 9.03. The van der Waals surface area contributed by atoms with Crippen molar-refractivity contribution < 1.29 is 9.90 Å². The van der Waals surface area contributed by atoms with E-state index in [0.717, 1.165) is 26.9 Å². The van der Waals surface area contributed by atoms with Crippen LogP contribution in [-0.2, 0) is 17.9 Å². The maximum atomic E-state index is 13.6. The molecule has 0 saturated heterocycles. The predicted octanol–water partition coefficient (Wildman–Crippen LogP) is 4.34. The molecule has 0 fully saturated rings. The molecule has 0 saturated carbocycles. The van der Waals surface area contributed by atoms with E-state index in [2.05, 4.69) is 35.3 Å². The maximum absolute atomic E-state index is 13.6. The summed E-state index contributed by atoms with van der Waals surface area (Å²) in [6.45, 7) is 4.46. The fraction of sp³-hybridized carbons (Fsp3) is 0.200. The molecule has 0 spiro atoms. The van der Waals surface area contributed by atoms with Crippen molar-refractivity contribution in [3.8, 4) is 0 Å². The maximum Gasteiger partial charge on any atom is 0.329 e. The fourth-order valence-electron chi connectivity index (χ4n) is 4.47. The van der Waals surface area contributed by atoms with Crippen LogP contribution in [0.15, 0.2) is 65.7 Å². The van der Waals surface area contributed by atoms with Crippen LogP contribution in [0.1, 0.15) is 28.3 Å². The third-order valence-corrected chi connectivity index (χ3v) is 6.80. The van der Waals surface area contributed by atoms with E-state index < -0.39 is 11.9 Å². The fourth-order valence-corrected chi connectivity index (χ4v) is 5.44. The molecule has 1 atom stereocenters. The molecule has 3 heterocycles. The molecular weight excluding hydrogens is 436 g/mol. The van der Waals surface area contributed by atoms with Crippen molar-refractivity contribution in [1.29, 1.82) is 0 Å².